The number of benzene rings is 4. The molecule has 0 saturated carbocycles. The van der Waals surface area contributed by atoms with Crippen LogP contribution >= 0.6 is 0 Å². The maximum Gasteiger partial charge on any atom is 0.0921 e. The normalized spacial score (nSPS) is 13.3. The van der Waals surface area contributed by atoms with Gasteiger partial charge in [-0.25, -0.2) is 0 Å². The number of aliphatic hydroxyl groups is 1. The summed E-state index contributed by atoms with van der Waals surface area (Å²) in [7, 11) is 0. The van der Waals surface area contributed by atoms with Crippen LogP contribution in [0.2, 0.25) is 0 Å². The van der Waals surface area contributed by atoms with Crippen LogP contribution in [0.3, 0.4) is 0 Å². The highest BCUT2D eigenvalue weighted by molar-refractivity contribution is 5.49. The molecule has 0 heterocycles. The van der Waals surface area contributed by atoms with E-state index in [9.17, 15) is 5.11 Å². The van der Waals surface area contributed by atoms with E-state index in [1.807, 2.05) is 72.8 Å². The highest BCUT2D eigenvalue weighted by atomic mass is 16.3. The first-order chi connectivity index (χ1) is 15.8. The number of aliphatic hydroxyl groups excluding tert-OH is 1. The van der Waals surface area contributed by atoms with E-state index in [1.54, 1.807) is 0 Å². The van der Waals surface area contributed by atoms with Crippen LogP contribution in [0.25, 0.3) is 6.08 Å². The topological polar surface area (TPSA) is 23.5 Å². The van der Waals surface area contributed by atoms with Gasteiger partial charge in [-0.05, 0) is 22.3 Å². The van der Waals surface area contributed by atoms with Gasteiger partial charge >= 0.3 is 0 Å². The Morgan fingerprint density at radius 3 is 1.53 bits per heavy atom. The van der Waals surface area contributed by atoms with Crippen molar-refractivity contribution in [1.82, 2.24) is 4.90 Å². The first-order valence-electron chi connectivity index (χ1n) is 11.1. The first-order valence-corrected chi connectivity index (χ1v) is 11.1. The van der Waals surface area contributed by atoms with Crippen LogP contribution in [0.15, 0.2) is 127 Å². The van der Waals surface area contributed by atoms with Crippen molar-refractivity contribution in [3.63, 3.8) is 0 Å². The Morgan fingerprint density at radius 1 is 0.594 bits per heavy atom. The first kappa shape index (κ1) is 21.8. The number of hydrogen-bond donors (Lipinski definition) is 1. The van der Waals surface area contributed by atoms with Crippen LogP contribution in [-0.2, 0) is 13.1 Å². The molecule has 2 nitrogen and oxygen atoms in total. The van der Waals surface area contributed by atoms with E-state index in [0.717, 1.165) is 24.2 Å². The summed E-state index contributed by atoms with van der Waals surface area (Å²) in [5.74, 6) is 0. The van der Waals surface area contributed by atoms with Gasteiger partial charge in [0.05, 0.1) is 12.1 Å². The Labute approximate surface area is 191 Å². The quantitative estimate of drug-likeness (QED) is 0.334. The Balaban J connectivity index is 1.69. The van der Waals surface area contributed by atoms with Crippen LogP contribution < -0.4 is 0 Å². The molecule has 0 aromatic heterocycles. The monoisotopic (exact) mass is 419 g/mol. The molecule has 4 rings (SSSR count). The minimum Gasteiger partial charge on any atom is -0.387 e. The van der Waals surface area contributed by atoms with Crippen molar-refractivity contribution in [1.29, 1.82) is 0 Å². The van der Waals surface area contributed by atoms with Crippen molar-refractivity contribution in [2.75, 3.05) is 0 Å². The smallest absolute Gasteiger partial charge is 0.0921 e. The summed E-state index contributed by atoms with van der Waals surface area (Å²) in [5.41, 5.74) is 4.63. The fraction of sp³-hybridized carbons (Fsp3) is 0.133. The maximum atomic E-state index is 11.4. The van der Waals surface area contributed by atoms with Gasteiger partial charge in [-0.15, -0.1) is 0 Å². The molecule has 0 radical (unpaired) electrons. The molecule has 0 aliphatic carbocycles. The molecule has 1 N–H and O–H groups in total. The molecule has 0 saturated heterocycles. The van der Waals surface area contributed by atoms with Gasteiger partial charge in [-0.2, -0.15) is 0 Å². The largest absolute Gasteiger partial charge is 0.387 e. The zero-order chi connectivity index (χ0) is 22.0. The zero-order valence-corrected chi connectivity index (χ0v) is 18.2. The van der Waals surface area contributed by atoms with Gasteiger partial charge in [0.25, 0.3) is 0 Å². The molecule has 4 aromatic carbocycles. The Morgan fingerprint density at radius 2 is 1.03 bits per heavy atom. The predicted octanol–water partition coefficient (Wildman–Crippen LogP) is 6.50. The molecule has 4 aromatic rings. The minimum atomic E-state index is -0.662. The molecule has 2 heteroatoms. The van der Waals surface area contributed by atoms with E-state index in [-0.39, 0.29) is 6.04 Å². The van der Waals surface area contributed by atoms with Gasteiger partial charge in [-0.1, -0.05) is 133 Å². The molecule has 2 atom stereocenters. The van der Waals surface area contributed by atoms with Gasteiger partial charge in [-0.3, -0.25) is 4.90 Å². The molecule has 0 fully saturated rings. The molecule has 0 aliphatic heterocycles. The second kappa shape index (κ2) is 11.2. The van der Waals surface area contributed by atoms with Crippen molar-refractivity contribution in [3.8, 4) is 0 Å². The lowest BCUT2D eigenvalue weighted by Crippen LogP contribution is -2.35. The van der Waals surface area contributed by atoms with Crippen molar-refractivity contribution >= 4 is 6.08 Å². The molecule has 0 unspecified atom stereocenters. The van der Waals surface area contributed by atoms with Crippen molar-refractivity contribution in [2.45, 2.75) is 25.2 Å². The third-order valence-corrected chi connectivity index (χ3v) is 5.60. The second-order valence-electron chi connectivity index (χ2n) is 7.99. The van der Waals surface area contributed by atoms with Crippen LogP contribution in [0.4, 0.5) is 0 Å². The van der Waals surface area contributed by atoms with Gasteiger partial charge in [0.15, 0.2) is 0 Å². The van der Waals surface area contributed by atoms with E-state index < -0.39 is 6.10 Å². The SMILES string of the molecule is O[C@@H](/C=C/c1ccccc1)[C@H](c1ccccc1)N(Cc1ccccc1)Cc1ccccc1. The molecule has 0 spiro atoms. The average Bonchev–Trinajstić information content (AvgIpc) is 2.85. The van der Waals surface area contributed by atoms with Crippen LogP contribution in [0.5, 0.6) is 0 Å². The van der Waals surface area contributed by atoms with Crippen LogP contribution in [0.1, 0.15) is 28.3 Å². The third kappa shape index (κ3) is 6.04. The summed E-state index contributed by atoms with van der Waals surface area (Å²) in [6, 6.07) is 41.2. The summed E-state index contributed by atoms with van der Waals surface area (Å²) in [5, 5.41) is 11.4. The fourth-order valence-electron chi connectivity index (χ4n) is 4.04. The van der Waals surface area contributed by atoms with Crippen LogP contribution in [0, 0.1) is 0 Å². The lowest BCUT2D eigenvalue weighted by molar-refractivity contribution is 0.0671. The minimum absolute atomic E-state index is 0.184. The van der Waals surface area contributed by atoms with E-state index in [2.05, 4.69) is 65.6 Å². The highest BCUT2D eigenvalue weighted by Crippen LogP contribution is 2.29. The van der Waals surface area contributed by atoms with Gasteiger partial charge in [0, 0.05) is 13.1 Å². The lowest BCUT2D eigenvalue weighted by atomic mass is 9.97. The summed E-state index contributed by atoms with van der Waals surface area (Å²) >= 11 is 0. The van der Waals surface area contributed by atoms with Gasteiger partial charge < -0.3 is 5.11 Å². The lowest BCUT2D eigenvalue weighted by Gasteiger charge is -2.34. The number of nitrogens with zero attached hydrogens (tertiary/aromatic N) is 1. The zero-order valence-electron chi connectivity index (χ0n) is 18.2. The molecular formula is C30H29NO. The molecule has 32 heavy (non-hydrogen) atoms. The van der Waals surface area contributed by atoms with E-state index >= 15 is 0 Å². The number of rotatable bonds is 9. The summed E-state index contributed by atoms with van der Waals surface area (Å²) in [6.07, 6.45) is 3.25. The Bertz CT molecular complexity index is 1040. The van der Waals surface area contributed by atoms with Crippen molar-refractivity contribution in [3.05, 3.63) is 150 Å². The Kier molecular flexibility index (Phi) is 7.64. The van der Waals surface area contributed by atoms with Crippen molar-refractivity contribution in [2.24, 2.45) is 0 Å². The maximum absolute atomic E-state index is 11.4. The average molecular weight is 420 g/mol. The fourth-order valence-corrected chi connectivity index (χ4v) is 4.04. The van der Waals surface area contributed by atoms with Gasteiger partial charge in [0.2, 0.25) is 0 Å². The Hall–Kier alpha value is -3.46. The van der Waals surface area contributed by atoms with E-state index in [4.69, 9.17) is 0 Å². The van der Waals surface area contributed by atoms with Gasteiger partial charge in [0.1, 0.15) is 0 Å². The predicted molar refractivity (Wildman–Crippen MR) is 133 cm³/mol. The standard InChI is InChI=1S/C30H29NO/c32-29(22-21-25-13-5-1-6-14-25)30(28-19-11-4-12-20-28)31(23-26-15-7-2-8-16-26)24-27-17-9-3-10-18-27/h1-22,29-30,32H,23-24H2/b22-21+/t29-,30-/m0/s1. The molecular weight excluding hydrogens is 390 g/mol. The van der Waals surface area contributed by atoms with Crippen LogP contribution in [-0.4, -0.2) is 16.1 Å². The van der Waals surface area contributed by atoms with E-state index in [1.165, 1.54) is 11.1 Å². The summed E-state index contributed by atoms with van der Waals surface area (Å²) in [4.78, 5) is 2.36. The molecule has 0 bridgehead atoms. The third-order valence-electron chi connectivity index (χ3n) is 5.60. The molecule has 0 aliphatic rings. The highest BCUT2D eigenvalue weighted by Gasteiger charge is 2.26. The summed E-state index contributed by atoms with van der Waals surface area (Å²) in [6.45, 7) is 1.48. The number of hydrogen-bond acceptors (Lipinski definition) is 2. The van der Waals surface area contributed by atoms with Crippen molar-refractivity contribution < 1.29 is 5.11 Å². The molecule has 160 valence electrons. The summed E-state index contributed by atoms with van der Waals surface area (Å²) < 4.78 is 0. The van der Waals surface area contributed by atoms with E-state index in [0.29, 0.717) is 0 Å². The second-order valence-corrected chi connectivity index (χ2v) is 7.99. The molecule has 0 amide bonds.